The topological polar surface area (TPSA) is 0 Å². The van der Waals surface area contributed by atoms with Gasteiger partial charge in [-0.15, -0.1) is 0 Å². The fraction of sp³-hybridized carbons (Fsp3) is 1.00. The molecule has 0 radical (unpaired) electrons. The van der Waals surface area contributed by atoms with E-state index in [1.165, 1.54) is 12.2 Å². The third kappa shape index (κ3) is 2.64. The summed E-state index contributed by atoms with van der Waals surface area (Å²) in [4.78, 5) is 0. The van der Waals surface area contributed by atoms with E-state index in [-0.39, 0.29) is 18.8 Å². The Morgan fingerprint density at radius 2 is 2.50 bits per heavy atom. The fourth-order valence-electron chi connectivity index (χ4n) is 0.409. The molecule has 0 nitrogen and oxygen atoms in total. The molecule has 0 aromatic heterocycles. The van der Waals surface area contributed by atoms with E-state index in [0.29, 0.717) is 0 Å². The van der Waals surface area contributed by atoms with Crippen LogP contribution in [0.15, 0.2) is 0 Å². The second-order valence-electron chi connectivity index (χ2n) is 1.49. The van der Waals surface area contributed by atoms with Crippen LogP contribution in [0.2, 0.25) is 0 Å². The van der Waals surface area contributed by atoms with E-state index in [1.54, 1.807) is 0 Å². The molecule has 0 aromatic rings. The van der Waals surface area contributed by atoms with Crippen LogP contribution >= 0.6 is 29.5 Å². The van der Waals surface area contributed by atoms with Crippen LogP contribution in [0, 0.1) is 0 Å². The van der Waals surface area contributed by atoms with Gasteiger partial charge in [-0.1, -0.05) is 0 Å². The van der Waals surface area contributed by atoms with Gasteiger partial charge in [-0.25, -0.2) is 0 Å². The molecule has 0 spiro atoms. The first-order valence-electron chi connectivity index (χ1n) is 2.48. The average molecular weight is 275 g/mol. The van der Waals surface area contributed by atoms with Gasteiger partial charge in [0.25, 0.3) is 0 Å². The van der Waals surface area contributed by atoms with Crippen LogP contribution in [0.25, 0.3) is 0 Å². The predicted molar refractivity (Wildman–Crippen MR) is 49.1 cm³/mol. The molecule has 48 valence electrons. The molecule has 4 heteroatoms. The molecule has 0 saturated carbocycles. The van der Waals surface area contributed by atoms with Crippen LogP contribution in [-0.4, -0.2) is 35.4 Å². The number of thioether (sulfide) groups is 1. The molecule has 1 aliphatic rings. The number of hydrogen-bond donors (Lipinski definition) is 0. The van der Waals surface area contributed by atoms with Gasteiger partial charge in [0.1, 0.15) is 0 Å². The van der Waals surface area contributed by atoms with Crippen molar-refractivity contribution in [2.75, 3.05) is 12.0 Å². The summed E-state index contributed by atoms with van der Waals surface area (Å²) in [6.45, 7) is 0. The van der Waals surface area contributed by atoms with Crippen LogP contribution in [0.3, 0.4) is 0 Å². The van der Waals surface area contributed by atoms with Crippen molar-refractivity contribution in [2.24, 2.45) is 0 Å². The standard InChI is InChI=1S/C3H6S2.CH4S.Sb.H/c4-3-1-2-5-3;1-2;;/h3-4H,1-2H2;2H,1H3;;/q;;+2;/p-2. The molecule has 1 atom stereocenters. The summed E-state index contributed by atoms with van der Waals surface area (Å²) in [5.74, 6) is 1.42. The Morgan fingerprint density at radius 3 is 2.88 bits per heavy atom. The fourth-order valence-corrected chi connectivity index (χ4v) is 13.0. The SMILES string of the molecule is C[S][SbH][S]C1CCS1. The van der Waals surface area contributed by atoms with Gasteiger partial charge in [0.15, 0.2) is 0 Å². The summed E-state index contributed by atoms with van der Waals surface area (Å²) in [6, 6.07) is 0. The van der Waals surface area contributed by atoms with Gasteiger partial charge in [0, 0.05) is 0 Å². The van der Waals surface area contributed by atoms with Crippen LogP contribution in [-0.2, 0) is 0 Å². The van der Waals surface area contributed by atoms with Gasteiger partial charge < -0.3 is 0 Å². The zero-order valence-electron chi connectivity index (χ0n) is 4.72. The average Bonchev–Trinajstić information content (AvgIpc) is 1.63. The van der Waals surface area contributed by atoms with Crippen molar-refractivity contribution in [2.45, 2.75) is 11.0 Å². The minimum absolute atomic E-state index is 0.00785. The van der Waals surface area contributed by atoms with Gasteiger partial charge >= 0.3 is 71.3 Å². The molecule has 1 saturated heterocycles. The molecule has 0 amide bonds. The second kappa shape index (κ2) is 4.65. The van der Waals surface area contributed by atoms with Gasteiger partial charge in [-0.2, -0.15) is 0 Å². The van der Waals surface area contributed by atoms with Crippen LogP contribution in [0.1, 0.15) is 6.42 Å². The molecule has 1 aliphatic heterocycles. The van der Waals surface area contributed by atoms with E-state index >= 15 is 0 Å². The van der Waals surface area contributed by atoms with Crippen molar-refractivity contribution in [1.82, 2.24) is 0 Å². The second-order valence-corrected chi connectivity index (χ2v) is 14.8. The van der Waals surface area contributed by atoms with Gasteiger partial charge in [0.2, 0.25) is 0 Å². The van der Waals surface area contributed by atoms with Crippen molar-refractivity contribution in [3.63, 3.8) is 0 Å². The molecule has 8 heavy (non-hydrogen) atoms. The maximum absolute atomic E-state index is 2.26. The quantitative estimate of drug-likeness (QED) is 0.721. The monoisotopic (exact) mass is 274 g/mol. The molecule has 0 aliphatic carbocycles. The van der Waals surface area contributed by atoms with Crippen molar-refractivity contribution in [3.05, 3.63) is 0 Å². The van der Waals surface area contributed by atoms with E-state index < -0.39 is 0 Å². The van der Waals surface area contributed by atoms with Crippen LogP contribution in [0.5, 0.6) is 0 Å². The summed E-state index contributed by atoms with van der Waals surface area (Å²) < 4.78 is 1.02. The predicted octanol–water partition coefficient (Wildman–Crippen LogP) is 1.81. The van der Waals surface area contributed by atoms with E-state index in [9.17, 15) is 0 Å². The first kappa shape index (κ1) is 7.97. The van der Waals surface area contributed by atoms with E-state index in [2.05, 4.69) is 35.7 Å². The molecule has 1 rings (SSSR count). The molecule has 1 heterocycles. The normalized spacial score (nSPS) is 27.4. The summed E-state index contributed by atoms with van der Waals surface area (Å²) in [5.41, 5.74) is 0. The Kier molecular flexibility index (Phi) is 4.63. The van der Waals surface area contributed by atoms with Gasteiger partial charge in [-0.3, -0.25) is 0 Å². The zero-order chi connectivity index (χ0) is 5.82. The number of rotatable bonds is 3. The Morgan fingerprint density at radius 1 is 1.75 bits per heavy atom. The minimum atomic E-state index is -0.00785. The summed E-state index contributed by atoms with van der Waals surface area (Å²) in [7, 11) is 4.36. The Hall–Kier alpha value is 1.87. The van der Waals surface area contributed by atoms with Crippen LogP contribution < -0.4 is 0 Å². The Bertz CT molecular complexity index is 64.3. The van der Waals surface area contributed by atoms with Crippen molar-refractivity contribution in [1.29, 1.82) is 0 Å². The molecule has 1 fully saturated rings. The van der Waals surface area contributed by atoms with Gasteiger partial charge in [0.05, 0.1) is 0 Å². The summed E-state index contributed by atoms with van der Waals surface area (Å²) in [5, 5.41) is 0. The third-order valence-corrected chi connectivity index (χ3v) is 14.9. The first-order valence-corrected chi connectivity index (χ1v) is 12.6. The molecule has 0 aromatic carbocycles. The third-order valence-electron chi connectivity index (χ3n) is 0.920. The molecule has 0 bridgehead atoms. The van der Waals surface area contributed by atoms with Crippen molar-refractivity contribution in [3.8, 4) is 0 Å². The number of hydrogen-bond acceptors (Lipinski definition) is 3. The molecule has 1 unspecified atom stereocenters. The maximum atomic E-state index is 2.26. The summed E-state index contributed by atoms with van der Waals surface area (Å²) >= 11 is 2.13. The van der Waals surface area contributed by atoms with Crippen LogP contribution in [0.4, 0.5) is 0 Å². The first-order chi connectivity index (χ1) is 3.93. The Labute approximate surface area is 70.7 Å². The van der Waals surface area contributed by atoms with E-state index in [1.807, 2.05) is 0 Å². The molecular formula is C4H9S3Sb. The van der Waals surface area contributed by atoms with Crippen molar-refractivity contribution >= 4 is 48.3 Å². The van der Waals surface area contributed by atoms with E-state index in [0.717, 1.165) is 4.58 Å². The van der Waals surface area contributed by atoms with Crippen molar-refractivity contribution < 1.29 is 0 Å². The van der Waals surface area contributed by atoms with E-state index in [4.69, 9.17) is 0 Å². The van der Waals surface area contributed by atoms with Gasteiger partial charge in [-0.05, 0) is 0 Å². The molecule has 0 N–H and O–H groups in total. The Balaban J connectivity index is 1.86. The zero-order valence-corrected chi connectivity index (χ0v) is 10.0. The molecular weight excluding hydrogens is 266 g/mol. The summed E-state index contributed by atoms with van der Waals surface area (Å²) in [6.07, 6.45) is 3.72.